The first-order chi connectivity index (χ1) is 9.08. The van der Waals surface area contributed by atoms with Crippen LogP contribution in [-0.2, 0) is 11.2 Å². The van der Waals surface area contributed by atoms with Gasteiger partial charge in [0.05, 0.1) is 10.5 Å². The van der Waals surface area contributed by atoms with Gasteiger partial charge in [0.25, 0.3) is 0 Å². The molecule has 0 bridgehead atoms. The van der Waals surface area contributed by atoms with Crippen molar-refractivity contribution in [3.63, 3.8) is 0 Å². The zero-order valence-electron chi connectivity index (χ0n) is 11.0. The summed E-state index contributed by atoms with van der Waals surface area (Å²) < 4.78 is 0. The summed E-state index contributed by atoms with van der Waals surface area (Å²) in [7, 11) is 0. The van der Waals surface area contributed by atoms with Crippen molar-refractivity contribution in [3.05, 3.63) is 34.9 Å². The number of nitrogens with zero attached hydrogens (tertiary/aromatic N) is 2. The monoisotopic (exact) mass is 274 g/mol. The number of benzene rings is 1. The van der Waals surface area contributed by atoms with Crippen molar-refractivity contribution in [3.8, 4) is 0 Å². The van der Waals surface area contributed by atoms with E-state index in [1.54, 1.807) is 4.90 Å². The highest BCUT2D eigenvalue weighted by atomic mass is 35.5. The van der Waals surface area contributed by atoms with Crippen LogP contribution in [0, 0.1) is 5.92 Å². The number of rotatable bonds is 1. The summed E-state index contributed by atoms with van der Waals surface area (Å²) in [4.78, 5) is 18.6. The Hall–Kier alpha value is -1.61. The maximum Gasteiger partial charge on any atom is 0.230 e. The number of hydrogen-bond donors (Lipinski definition) is 0. The van der Waals surface area contributed by atoms with E-state index < -0.39 is 0 Å². The second kappa shape index (κ2) is 4.49. The van der Waals surface area contributed by atoms with E-state index in [9.17, 15) is 4.79 Å². The third kappa shape index (κ3) is 1.98. The molecule has 19 heavy (non-hydrogen) atoms. The molecule has 1 aromatic heterocycles. The van der Waals surface area contributed by atoms with Gasteiger partial charge in [-0.3, -0.25) is 9.69 Å². The molecule has 1 aromatic carbocycles. The van der Waals surface area contributed by atoms with Gasteiger partial charge in [-0.25, -0.2) is 4.98 Å². The van der Waals surface area contributed by atoms with Crippen molar-refractivity contribution >= 4 is 34.2 Å². The van der Waals surface area contributed by atoms with Crippen molar-refractivity contribution in [1.29, 1.82) is 0 Å². The number of amides is 1. The van der Waals surface area contributed by atoms with Crippen LogP contribution < -0.4 is 4.90 Å². The van der Waals surface area contributed by atoms with Crippen LogP contribution in [-0.4, -0.2) is 17.4 Å². The number of halogens is 1. The lowest BCUT2D eigenvalue weighted by Crippen LogP contribution is -2.33. The first-order valence-corrected chi connectivity index (χ1v) is 6.85. The van der Waals surface area contributed by atoms with E-state index in [-0.39, 0.29) is 11.8 Å². The molecule has 4 heteroatoms. The van der Waals surface area contributed by atoms with E-state index >= 15 is 0 Å². The van der Waals surface area contributed by atoms with Crippen LogP contribution in [0.15, 0.2) is 24.3 Å². The summed E-state index contributed by atoms with van der Waals surface area (Å²) in [6.45, 7) is 4.54. The SMILES string of the molecule is CC(C)C(=O)N1CCc2cc3cccc(Cl)c3nc21. The van der Waals surface area contributed by atoms with Crippen molar-refractivity contribution in [2.24, 2.45) is 5.92 Å². The van der Waals surface area contributed by atoms with E-state index in [1.807, 2.05) is 32.0 Å². The van der Waals surface area contributed by atoms with Crippen LogP contribution in [0.4, 0.5) is 5.82 Å². The Kier molecular flexibility index (Phi) is 2.94. The molecule has 0 unspecified atom stereocenters. The molecule has 1 aliphatic heterocycles. The largest absolute Gasteiger partial charge is 0.296 e. The minimum atomic E-state index is -0.0188. The zero-order chi connectivity index (χ0) is 13.6. The topological polar surface area (TPSA) is 33.2 Å². The van der Waals surface area contributed by atoms with Crippen molar-refractivity contribution in [2.45, 2.75) is 20.3 Å². The minimum Gasteiger partial charge on any atom is -0.296 e. The third-order valence-electron chi connectivity index (χ3n) is 3.47. The van der Waals surface area contributed by atoms with Crippen LogP contribution in [0.1, 0.15) is 19.4 Å². The number of hydrogen-bond acceptors (Lipinski definition) is 2. The predicted octanol–water partition coefficient (Wildman–Crippen LogP) is 3.43. The molecule has 0 aliphatic carbocycles. The number of carbonyl (C=O) groups excluding carboxylic acids is 1. The molecule has 0 fully saturated rings. The molecule has 3 rings (SSSR count). The first kappa shape index (κ1) is 12.4. The summed E-state index contributed by atoms with van der Waals surface area (Å²) >= 11 is 6.18. The van der Waals surface area contributed by atoms with Gasteiger partial charge in [-0.1, -0.05) is 37.6 Å². The second-order valence-electron chi connectivity index (χ2n) is 5.18. The van der Waals surface area contributed by atoms with Gasteiger partial charge < -0.3 is 0 Å². The number of fused-ring (bicyclic) bond motifs is 2. The highest BCUT2D eigenvalue weighted by molar-refractivity contribution is 6.35. The summed E-state index contributed by atoms with van der Waals surface area (Å²) in [6, 6.07) is 7.84. The molecular weight excluding hydrogens is 260 g/mol. The lowest BCUT2D eigenvalue weighted by atomic mass is 10.1. The Morgan fingerprint density at radius 3 is 2.95 bits per heavy atom. The number of pyridine rings is 1. The summed E-state index contributed by atoms with van der Waals surface area (Å²) in [5.41, 5.74) is 1.90. The number of anilines is 1. The normalized spacial score (nSPS) is 14.2. The van der Waals surface area contributed by atoms with E-state index in [0.29, 0.717) is 11.6 Å². The van der Waals surface area contributed by atoms with E-state index in [4.69, 9.17) is 11.6 Å². The van der Waals surface area contributed by atoms with Gasteiger partial charge in [-0.05, 0) is 24.1 Å². The van der Waals surface area contributed by atoms with Crippen LogP contribution in [0.2, 0.25) is 5.02 Å². The summed E-state index contributed by atoms with van der Waals surface area (Å²) in [5.74, 6) is 0.881. The average Bonchev–Trinajstić information content (AvgIpc) is 2.79. The molecule has 0 spiro atoms. The second-order valence-corrected chi connectivity index (χ2v) is 5.58. The summed E-state index contributed by atoms with van der Waals surface area (Å²) in [6.07, 6.45) is 0.864. The number of carbonyl (C=O) groups is 1. The highest BCUT2D eigenvalue weighted by Gasteiger charge is 2.28. The maximum absolute atomic E-state index is 12.2. The fourth-order valence-corrected chi connectivity index (χ4v) is 2.70. The van der Waals surface area contributed by atoms with E-state index in [1.165, 1.54) is 0 Å². The molecule has 98 valence electrons. The fraction of sp³-hybridized carbons (Fsp3) is 0.333. The van der Waals surface area contributed by atoms with Gasteiger partial charge >= 0.3 is 0 Å². The smallest absolute Gasteiger partial charge is 0.230 e. The average molecular weight is 275 g/mol. The molecule has 2 aromatic rings. The standard InChI is InChI=1S/C15H15ClN2O/c1-9(2)15(19)18-7-6-11-8-10-4-3-5-12(16)13(10)17-14(11)18/h3-5,8-9H,6-7H2,1-2H3. The fourth-order valence-electron chi connectivity index (χ4n) is 2.48. The van der Waals surface area contributed by atoms with Crippen molar-refractivity contribution in [1.82, 2.24) is 4.98 Å². The van der Waals surface area contributed by atoms with Gasteiger partial charge in [-0.2, -0.15) is 0 Å². The number of para-hydroxylation sites is 1. The number of aromatic nitrogens is 1. The molecule has 0 saturated heterocycles. The van der Waals surface area contributed by atoms with Crippen LogP contribution >= 0.6 is 11.6 Å². The molecule has 0 atom stereocenters. The maximum atomic E-state index is 12.2. The van der Waals surface area contributed by atoms with Crippen molar-refractivity contribution in [2.75, 3.05) is 11.4 Å². The van der Waals surface area contributed by atoms with E-state index in [0.717, 1.165) is 28.7 Å². The predicted molar refractivity (Wildman–Crippen MR) is 77.6 cm³/mol. The van der Waals surface area contributed by atoms with Crippen LogP contribution in [0.3, 0.4) is 0 Å². The zero-order valence-corrected chi connectivity index (χ0v) is 11.7. The summed E-state index contributed by atoms with van der Waals surface area (Å²) in [5, 5.41) is 1.66. The van der Waals surface area contributed by atoms with Gasteiger partial charge in [0, 0.05) is 17.8 Å². The molecular formula is C15H15ClN2O. The molecule has 1 aliphatic rings. The lowest BCUT2D eigenvalue weighted by molar-refractivity contribution is -0.121. The van der Waals surface area contributed by atoms with Gasteiger partial charge in [-0.15, -0.1) is 0 Å². The molecule has 0 saturated carbocycles. The molecule has 0 N–H and O–H groups in total. The molecule has 3 nitrogen and oxygen atoms in total. The van der Waals surface area contributed by atoms with Gasteiger partial charge in [0.2, 0.25) is 5.91 Å². The first-order valence-electron chi connectivity index (χ1n) is 6.47. The minimum absolute atomic E-state index is 0.0188. The Balaban J connectivity index is 2.15. The molecule has 2 heterocycles. The van der Waals surface area contributed by atoms with Crippen LogP contribution in [0.25, 0.3) is 10.9 Å². The molecule has 1 amide bonds. The Morgan fingerprint density at radius 2 is 2.21 bits per heavy atom. The quantitative estimate of drug-likeness (QED) is 0.798. The van der Waals surface area contributed by atoms with Gasteiger partial charge in [0.1, 0.15) is 5.82 Å². The van der Waals surface area contributed by atoms with Crippen molar-refractivity contribution < 1.29 is 4.79 Å². The lowest BCUT2D eigenvalue weighted by Gasteiger charge is -2.18. The highest BCUT2D eigenvalue weighted by Crippen LogP contribution is 2.32. The van der Waals surface area contributed by atoms with Crippen LogP contribution in [0.5, 0.6) is 0 Å². The van der Waals surface area contributed by atoms with Gasteiger partial charge in [0.15, 0.2) is 0 Å². The third-order valence-corrected chi connectivity index (χ3v) is 3.78. The Labute approximate surface area is 117 Å². The Bertz CT molecular complexity index is 666. The van der Waals surface area contributed by atoms with E-state index in [2.05, 4.69) is 11.1 Å². The molecule has 0 radical (unpaired) electrons. The Morgan fingerprint density at radius 1 is 1.42 bits per heavy atom.